The van der Waals surface area contributed by atoms with Gasteiger partial charge in [-0.3, -0.25) is 9.80 Å². The first-order chi connectivity index (χ1) is 13.3. The molecular weight excluding hydrogens is 374 g/mol. The molecule has 148 valence electrons. The first kappa shape index (κ1) is 20.4. The van der Waals surface area contributed by atoms with Crippen LogP contribution in [0.5, 0.6) is 5.88 Å². The Morgan fingerprint density at radius 2 is 1.50 bits per heavy atom. The summed E-state index contributed by atoms with van der Waals surface area (Å²) in [5, 5.41) is 3.89. The molecule has 0 amide bonds. The second-order valence-corrected chi connectivity index (χ2v) is 6.87. The minimum Gasteiger partial charge on any atom is -0.479 e. The SMILES string of the molecule is COc1cc(CN2CCN(C(c3ccccc3)c3ccccc3)CC2)on1.Cl. The van der Waals surface area contributed by atoms with E-state index in [2.05, 4.69) is 75.6 Å². The Labute approximate surface area is 172 Å². The molecule has 1 fully saturated rings. The van der Waals surface area contributed by atoms with Crippen LogP contribution < -0.4 is 4.74 Å². The monoisotopic (exact) mass is 399 g/mol. The molecule has 1 aliphatic heterocycles. The van der Waals surface area contributed by atoms with Gasteiger partial charge < -0.3 is 9.26 Å². The van der Waals surface area contributed by atoms with Crippen molar-refractivity contribution in [3.63, 3.8) is 0 Å². The summed E-state index contributed by atoms with van der Waals surface area (Å²) >= 11 is 0. The van der Waals surface area contributed by atoms with Crippen LogP contribution in [0.1, 0.15) is 22.9 Å². The third-order valence-corrected chi connectivity index (χ3v) is 5.13. The van der Waals surface area contributed by atoms with E-state index in [-0.39, 0.29) is 12.4 Å². The third-order valence-electron chi connectivity index (χ3n) is 5.13. The maximum atomic E-state index is 5.34. The summed E-state index contributed by atoms with van der Waals surface area (Å²) in [6.45, 7) is 4.80. The normalized spacial score (nSPS) is 15.4. The maximum Gasteiger partial charge on any atom is 0.254 e. The summed E-state index contributed by atoms with van der Waals surface area (Å²) in [5.41, 5.74) is 2.69. The first-order valence-corrected chi connectivity index (χ1v) is 9.39. The number of methoxy groups -OCH3 is 1. The highest BCUT2D eigenvalue weighted by molar-refractivity contribution is 5.85. The van der Waals surface area contributed by atoms with Crippen LogP contribution in [-0.2, 0) is 6.54 Å². The number of nitrogens with zero attached hydrogens (tertiary/aromatic N) is 3. The molecule has 0 aliphatic carbocycles. The number of piperazine rings is 1. The van der Waals surface area contributed by atoms with Gasteiger partial charge in [0, 0.05) is 32.2 Å². The van der Waals surface area contributed by atoms with E-state index in [0.717, 1.165) is 38.5 Å². The maximum absolute atomic E-state index is 5.34. The molecule has 0 saturated carbocycles. The van der Waals surface area contributed by atoms with Crippen LogP contribution in [0.15, 0.2) is 71.3 Å². The number of hydrogen-bond acceptors (Lipinski definition) is 5. The van der Waals surface area contributed by atoms with Gasteiger partial charge in [0.05, 0.1) is 19.7 Å². The summed E-state index contributed by atoms with van der Waals surface area (Å²) in [7, 11) is 1.60. The minimum atomic E-state index is 0. The van der Waals surface area contributed by atoms with E-state index in [0.29, 0.717) is 11.9 Å². The Morgan fingerprint density at radius 1 is 0.929 bits per heavy atom. The lowest BCUT2D eigenvalue weighted by molar-refractivity contribution is 0.0979. The number of halogens is 1. The molecule has 1 aliphatic rings. The molecule has 0 radical (unpaired) electrons. The fraction of sp³-hybridized carbons (Fsp3) is 0.318. The molecule has 1 saturated heterocycles. The highest BCUT2D eigenvalue weighted by atomic mass is 35.5. The molecule has 3 aromatic rings. The Balaban J connectivity index is 0.00000225. The molecule has 0 N–H and O–H groups in total. The van der Waals surface area contributed by atoms with Gasteiger partial charge in [0.15, 0.2) is 5.76 Å². The zero-order valence-corrected chi connectivity index (χ0v) is 16.8. The summed E-state index contributed by atoms with van der Waals surface area (Å²) in [6.07, 6.45) is 0. The summed E-state index contributed by atoms with van der Waals surface area (Å²) in [4.78, 5) is 4.98. The van der Waals surface area contributed by atoms with Crippen LogP contribution in [0.4, 0.5) is 0 Å². The number of rotatable bonds is 6. The Bertz CT molecular complexity index is 794. The van der Waals surface area contributed by atoms with Crippen molar-refractivity contribution < 1.29 is 9.26 Å². The van der Waals surface area contributed by atoms with Gasteiger partial charge in [-0.05, 0) is 16.3 Å². The van der Waals surface area contributed by atoms with Crippen LogP contribution in [0.3, 0.4) is 0 Å². The Kier molecular flexibility index (Phi) is 7.09. The number of hydrogen-bond donors (Lipinski definition) is 0. The zero-order chi connectivity index (χ0) is 18.5. The van der Waals surface area contributed by atoms with Gasteiger partial charge in [0.2, 0.25) is 0 Å². The van der Waals surface area contributed by atoms with Crippen molar-refractivity contribution in [2.24, 2.45) is 0 Å². The highest BCUT2D eigenvalue weighted by Crippen LogP contribution is 2.29. The molecule has 0 atom stereocenters. The molecule has 0 unspecified atom stereocenters. The minimum absolute atomic E-state index is 0. The molecule has 2 heterocycles. The molecule has 2 aromatic carbocycles. The van der Waals surface area contributed by atoms with E-state index in [1.165, 1.54) is 11.1 Å². The lowest BCUT2D eigenvalue weighted by Gasteiger charge is -2.39. The van der Waals surface area contributed by atoms with E-state index < -0.39 is 0 Å². The predicted molar refractivity (Wildman–Crippen MR) is 112 cm³/mol. The van der Waals surface area contributed by atoms with Gasteiger partial charge in [-0.2, -0.15) is 0 Å². The smallest absolute Gasteiger partial charge is 0.254 e. The number of benzene rings is 2. The lowest BCUT2D eigenvalue weighted by Crippen LogP contribution is -2.47. The number of ether oxygens (including phenoxy) is 1. The van der Waals surface area contributed by atoms with E-state index in [1.807, 2.05) is 6.07 Å². The predicted octanol–water partition coefficient (Wildman–Crippen LogP) is 4.01. The van der Waals surface area contributed by atoms with Crippen LogP contribution in [0, 0.1) is 0 Å². The molecule has 1 aromatic heterocycles. The lowest BCUT2D eigenvalue weighted by atomic mass is 9.96. The van der Waals surface area contributed by atoms with Crippen molar-refractivity contribution in [3.05, 3.63) is 83.6 Å². The van der Waals surface area contributed by atoms with Crippen molar-refractivity contribution in [3.8, 4) is 5.88 Å². The van der Waals surface area contributed by atoms with Crippen LogP contribution in [0.25, 0.3) is 0 Å². The van der Waals surface area contributed by atoms with Crippen LogP contribution in [-0.4, -0.2) is 48.2 Å². The summed E-state index contributed by atoms with van der Waals surface area (Å²) < 4.78 is 10.4. The Morgan fingerprint density at radius 3 is 2.00 bits per heavy atom. The van der Waals surface area contributed by atoms with Crippen molar-refractivity contribution >= 4 is 12.4 Å². The quantitative estimate of drug-likeness (QED) is 0.626. The van der Waals surface area contributed by atoms with Gasteiger partial charge in [-0.15, -0.1) is 12.4 Å². The first-order valence-electron chi connectivity index (χ1n) is 9.39. The van der Waals surface area contributed by atoms with Gasteiger partial charge in [-0.25, -0.2) is 0 Å². The molecule has 4 rings (SSSR count). The van der Waals surface area contributed by atoms with Gasteiger partial charge in [0.1, 0.15) is 0 Å². The fourth-order valence-corrected chi connectivity index (χ4v) is 3.75. The molecule has 28 heavy (non-hydrogen) atoms. The van der Waals surface area contributed by atoms with Gasteiger partial charge >= 0.3 is 0 Å². The summed E-state index contributed by atoms with van der Waals surface area (Å²) in [6, 6.07) is 23.7. The topological polar surface area (TPSA) is 41.7 Å². The van der Waals surface area contributed by atoms with Gasteiger partial charge in [0.25, 0.3) is 5.88 Å². The molecular formula is C22H26ClN3O2. The molecule has 0 spiro atoms. The molecule has 6 heteroatoms. The van der Waals surface area contributed by atoms with Crippen molar-refractivity contribution in [2.45, 2.75) is 12.6 Å². The highest BCUT2D eigenvalue weighted by Gasteiger charge is 2.26. The largest absolute Gasteiger partial charge is 0.479 e. The van der Waals surface area contributed by atoms with E-state index in [9.17, 15) is 0 Å². The average Bonchev–Trinajstić information content (AvgIpc) is 3.19. The van der Waals surface area contributed by atoms with Crippen LogP contribution >= 0.6 is 12.4 Å². The fourth-order valence-electron chi connectivity index (χ4n) is 3.75. The third kappa shape index (κ3) is 4.73. The van der Waals surface area contributed by atoms with E-state index in [1.54, 1.807) is 7.11 Å². The average molecular weight is 400 g/mol. The van der Waals surface area contributed by atoms with Gasteiger partial charge in [-0.1, -0.05) is 60.7 Å². The van der Waals surface area contributed by atoms with Crippen LogP contribution in [0.2, 0.25) is 0 Å². The molecule has 0 bridgehead atoms. The van der Waals surface area contributed by atoms with Crippen molar-refractivity contribution in [1.82, 2.24) is 15.0 Å². The standard InChI is InChI=1S/C22H25N3O2.ClH/c1-26-21-16-20(27-23-21)17-24-12-14-25(15-13-24)22(18-8-4-2-5-9-18)19-10-6-3-7-11-19;/h2-11,16,22H,12-15,17H2,1H3;1H. The summed E-state index contributed by atoms with van der Waals surface area (Å²) in [5.74, 6) is 1.39. The Hall–Kier alpha value is -2.34. The van der Waals surface area contributed by atoms with E-state index >= 15 is 0 Å². The van der Waals surface area contributed by atoms with Crippen molar-refractivity contribution in [1.29, 1.82) is 0 Å². The second-order valence-electron chi connectivity index (χ2n) is 6.87. The second kappa shape index (κ2) is 9.73. The van der Waals surface area contributed by atoms with Crippen molar-refractivity contribution in [2.75, 3.05) is 33.3 Å². The zero-order valence-electron chi connectivity index (χ0n) is 16.0. The van der Waals surface area contributed by atoms with E-state index in [4.69, 9.17) is 9.26 Å². The molecule has 5 nitrogen and oxygen atoms in total. The number of aromatic nitrogens is 1.